The van der Waals surface area contributed by atoms with Gasteiger partial charge in [-0.15, -0.1) is 0 Å². The van der Waals surface area contributed by atoms with Crippen molar-refractivity contribution >= 4 is 1180 Å². The second-order valence-corrected chi connectivity index (χ2v) is 464. The zero-order valence-electron chi connectivity index (χ0n) is 51.9. The van der Waals surface area contributed by atoms with Crippen molar-refractivity contribution < 1.29 is 0 Å². The molecule has 0 rings (SSSR count). The third-order valence-electron chi connectivity index (χ3n) is 10.2. The van der Waals surface area contributed by atoms with Crippen LogP contribution in [0.1, 0.15) is 0 Å². The monoisotopic (exact) mass is 4160 g/mol. The normalized spacial score (nSPS) is 17.3. The van der Waals surface area contributed by atoms with Crippen molar-refractivity contribution in [1.29, 1.82) is 0 Å². The van der Waals surface area contributed by atoms with E-state index in [-0.39, 0.29) is 0 Å². The minimum Gasteiger partial charge on any atom is -0.0948 e. The maximum Gasteiger partial charge on any atom is 0.0451 e. The first-order chi connectivity index (χ1) is 52.9. The van der Waals surface area contributed by atoms with E-state index in [9.17, 15) is 0 Å². The maximum absolute atomic E-state index is 6.29. The Morgan fingerprint density at radius 2 is 0.150 bits per heavy atom. The second-order valence-electron chi connectivity index (χ2n) is 16.9. The van der Waals surface area contributed by atoms with Gasteiger partial charge in [0.25, 0.3) is 0 Å². The quantitative estimate of drug-likeness (QED) is 0.0400. The van der Waals surface area contributed by atoms with Crippen LogP contribution in [-0.4, -0.2) is 0 Å². The summed E-state index contributed by atoms with van der Waals surface area (Å²) in [5.41, 5.74) is 0. The van der Waals surface area contributed by atoms with Crippen molar-refractivity contribution in [3.05, 3.63) is 0 Å². The molecular weight excluding hydrogens is 4170 g/mol. The molecule has 0 bridgehead atoms. The Balaban J connectivity index is 8.96. The summed E-state index contributed by atoms with van der Waals surface area (Å²) in [7, 11) is -1.52. The van der Waals surface area contributed by atoms with Crippen LogP contribution >= 0.6 is 32.9 Å². The van der Waals surface area contributed by atoms with Crippen LogP contribution in [0.4, 0.5) is 0 Å². The molecule has 764 valence electrons. The van der Waals surface area contributed by atoms with Gasteiger partial charge in [0.05, 0.1) is 0 Å². The molecule has 0 fully saturated rings. The molecule has 0 radical (unpaired) electrons. The molecule has 0 saturated heterocycles. The van der Waals surface area contributed by atoms with Crippen molar-refractivity contribution in [3.8, 4) is 0 Å². The summed E-state index contributed by atoms with van der Waals surface area (Å²) < 4.78 is -2.80. The highest BCUT2D eigenvalue weighted by Crippen LogP contribution is 2.49. The largest absolute Gasteiger partial charge is 0.0948 e. The summed E-state index contributed by atoms with van der Waals surface area (Å²) in [5, 5.41) is -163. The molecule has 0 aromatic heterocycles. The molecule has 0 heterocycles. The first-order valence-electron chi connectivity index (χ1n) is 21.0. The summed E-state index contributed by atoms with van der Waals surface area (Å²) in [4.78, 5) is 0. The predicted octanol–water partition coefficient (Wildman–Crippen LogP) is 0.966. The van der Waals surface area contributed by atoms with E-state index in [4.69, 9.17) is 929 Å². The van der Waals surface area contributed by atoms with E-state index in [0.717, 1.165) is 0 Å². The van der Waals surface area contributed by atoms with E-state index in [0.29, 0.717) is 0 Å². The van der Waals surface area contributed by atoms with Gasteiger partial charge in [0, 0.05) is 241 Å². The number of thiol groups is 1. The van der Waals surface area contributed by atoms with Gasteiger partial charge in [-0.25, -0.2) is 0 Å². The van der Waals surface area contributed by atoms with Gasteiger partial charge in [-0.05, 0) is 929 Å². The van der Waals surface area contributed by atoms with Gasteiger partial charge in [-0.1, -0.05) is 11.7 Å². The van der Waals surface area contributed by atoms with Gasteiger partial charge >= 0.3 is 0 Å². The Morgan fingerprint density at radius 1 is 0.102 bits per heavy atom. The Hall–Kier alpha value is 34.0. The lowest BCUT2D eigenvalue weighted by molar-refractivity contribution is 4.96. The van der Waals surface area contributed by atoms with Gasteiger partial charge < -0.3 is 0 Å². The molecule has 0 nitrogen and oxygen atoms in total. The molecule has 0 spiro atoms. The Morgan fingerprint density at radius 3 is 0.197 bits per heavy atom. The molecule has 0 aliphatic rings. The fourth-order valence-electron chi connectivity index (χ4n) is 4.05. The topological polar surface area (TPSA) is 0 Å². The lowest BCUT2D eigenvalue weighted by atomic mass is 29.7. The summed E-state index contributed by atoms with van der Waals surface area (Å²) in [6.07, 6.45) is 0. The Kier molecular flexibility index (Phi) is 64.1. The number of hydrogen-bond donors (Lipinski definition) is 1. The lowest BCUT2D eigenvalue weighted by Gasteiger charge is -2.37. The fourth-order valence-corrected chi connectivity index (χ4v) is 993. The van der Waals surface area contributed by atoms with Crippen LogP contribution in [0.5, 0.6) is 0 Å². The van der Waals surface area contributed by atoms with Gasteiger partial charge in [-0.3, -0.25) is 0 Å². The van der Waals surface area contributed by atoms with Crippen molar-refractivity contribution in [2.45, 2.75) is 0 Å². The third-order valence-corrected chi connectivity index (χ3v) is 831. The standard InChI is InChI=1S/HIS126/c1-87(4,5)89(8,9)91(12,13)93(16,17)95(20,21)97(24,25)99(28,29)101(32,33)103(36,37)105(40,41)107(44,45)109(48,49)111(52,53)113(56,57)115(60,61)117(64,65)119(68,69)121(72,73)123(76,77)125(80,81)127(84,85)126(82,83)124(78,79)122(74,75)120(70,71)118(66,67)116(62,63)114(58,59)112(54,55)110(50,51)108(46,47)106(42,43)104(38,39)102(34,35)100(30,31)98(26,27)96(22,23)94(18,19)92(14,15)90(10,11)88(6,7)86(2)3/h(H,2,3). The summed E-state index contributed by atoms with van der Waals surface area (Å²) in [6.45, 7) is 0. The second kappa shape index (κ2) is 50.5. The van der Waals surface area contributed by atoms with Crippen LogP contribution in [0.15, 0.2) is 0 Å². The van der Waals surface area contributed by atoms with E-state index in [1.807, 2.05) is 0 Å². The van der Waals surface area contributed by atoms with E-state index >= 15 is 0 Å². The van der Waals surface area contributed by atoms with E-state index in [2.05, 4.69) is 11.7 Å². The summed E-state index contributed by atoms with van der Waals surface area (Å²) in [5.74, 6) is 0. The van der Waals surface area contributed by atoms with Gasteiger partial charge in [0.2, 0.25) is 0 Å². The molecule has 0 aromatic carbocycles. The van der Waals surface area contributed by atoms with E-state index in [1.54, 1.807) is 21.2 Å². The Labute approximate surface area is 1140 Å². The van der Waals surface area contributed by atoms with Gasteiger partial charge in [-0.2, -0.15) is 0 Å². The molecular formula is HIS126. The van der Waals surface area contributed by atoms with Crippen LogP contribution in [0.25, 0.3) is 0 Å². The number of halogens is 1. The predicted molar refractivity (Wildman–Crippen MR) is 944 cm³/mol. The van der Waals surface area contributed by atoms with Crippen molar-refractivity contribution in [2.75, 3.05) is 0 Å². The van der Waals surface area contributed by atoms with Crippen LogP contribution in [0.3, 0.4) is 0 Å². The molecule has 0 aliphatic heterocycles. The van der Waals surface area contributed by atoms with Crippen molar-refractivity contribution in [1.82, 2.24) is 0 Å². The molecule has 0 aliphatic carbocycles. The number of hydrogen-bond acceptors (Lipinski definition) is 83. The molecule has 1 atom stereocenters. The average Bonchev–Trinajstić information content (AvgIpc) is 0.675. The Bertz CT molecular complexity index is 10000. The van der Waals surface area contributed by atoms with Crippen LogP contribution in [-0.2, 0) is 1150 Å². The number of rotatable bonds is 41. The van der Waals surface area contributed by atoms with Crippen LogP contribution in [0, 0.1) is 0 Å². The smallest absolute Gasteiger partial charge is 0.0451 e. The zero-order valence-corrected chi connectivity index (χ0v) is 157. The summed E-state index contributed by atoms with van der Waals surface area (Å²) >= 11 is 516. The first kappa shape index (κ1) is 161. The van der Waals surface area contributed by atoms with Crippen LogP contribution < -0.4 is 0 Å². The molecule has 0 saturated carbocycles. The van der Waals surface area contributed by atoms with E-state index < -0.39 is 219 Å². The maximum atomic E-state index is 6.29. The highest BCUT2D eigenvalue weighted by molar-refractivity contribution is 14.2. The van der Waals surface area contributed by atoms with Crippen molar-refractivity contribution in [3.63, 3.8) is 0 Å². The first-order valence-corrected chi connectivity index (χ1v) is 191. The minimum atomic E-state index is -4.33. The highest BCUT2D eigenvalue weighted by Gasteiger charge is 2.53. The highest BCUT2D eigenvalue weighted by atomic mass is 127. The molecule has 1 unspecified atom stereocenters. The van der Waals surface area contributed by atoms with Crippen LogP contribution in [0.2, 0.25) is 0 Å². The lowest BCUT2D eigenvalue weighted by Crippen LogP contribution is -2.41. The minimum absolute atomic E-state index is 1.52. The molecule has 0 N–H and O–H groups in total. The average molecular weight is 4170 g/mol. The fraction of sp³-hybridized carbons (Fsp3) is 0. The SMILES string of the molecule is S=S(S)S(=S)(=S)S(=S)(=S)S(=S)(=S)S(=S)(=S)S(=S)(=S)S(=S)(=S)S(=S)(=S)S(=S)(=S)S(=S)(=S)S(=S)(=S)S(=S)(=S)S(=S)(=S)S(=S)(=S)S(=S)(=S)S(=S)(=S)S(=S)(=S)S(=S)(=S)S(=S)(=S)S(=S)(=S)S(=S)(=S)S(=S)(=S)S(=S)(=S)S(=S)(=S)S(=S)(=S)S(=S)(=S)S(=S)(=S)S(=S)(=S)S(=S)(=S)S(=S)(=S)S(=S)(=S)S(=S)(=S)S(=S)(=S)S(=S)(=S)S(=S)(=S)S(=S)(=S)S(=S)(=S)S(=S)(=S)S(=S)(=S)S(=S)(=S)S(=S)(=S)S(=S)(=S)I. The molecule has 127 heteroatoms. The van der Waals surface area contributed by atoms with Gasteiger partial charge in [0.1, 0.15) is 0 Å². The zero-order chi connectivity index (χ0) is 106. The molecule has 0 amide bonds. The van der Waals surface area contributed by atoms with Gasteiger partial charge in [0.15, 0.2) is 0 Å². The summed E-state index contributed by atoms with van der Waals surface area (Å²) in [6, 6.07) is 0. The van der Waals surface area contributed by atoms with E-state index in [1.165, 1.54) is 0 Å². The third kappa shape index (κ3) is 25.0. The van der Waals surface area contributed by atoms with Crippen molar-refractivity contribution in [2.24, 2.45) is 0 Å². The molecule has 127 heavy (non-hydrogen) atoms. The molecule has 0 aromatic rings.